The number of carbonyl (C=O) groups excluding carboxylic acids is 1. The molecule has 1 N–H and O–H groups in total. The lowest BCUT2D eigenvalue weighted by atomic mass is 10.2. The highest BCUT2D eigenvalue weighted by atomic mass is 32.2. The largest absolute Gasteiger partial charge is 0.363 e. The Hall–Kier alpha value is -1.67. The maximum Gasteiger partial charge on any atom is 0.252 e. The highest BCUT2D eigenvalue weighted by molar-refractivity contribution is 7.91. The molecule has 1 aliphatic rings. The number of hydrogen-bond donors (Lipinski definition) is 1. The van der Waals surface area contributed by atoms with Crippen molar-refractivity contribution in [2.45, 2.75) is 0 Å². The van der Waals surface area contributed by atoms with Crippen LogP contribution < -0.4 is 10.2 Å². The average Bonchev–Trinajstić information content (AvgIpc) is 2.49. The summed E-state index contributed by atoms with van der Waals surface area (Å²) < 4.78 is 22.7. The van der Waals surface area contributed by atoms with Gasteiger partial charge in [-0.1, -0.05) is 0 Å². The van der Waals surface area contributed by atoms with Gasteiger partial charge < -0.3 is 10.2 Å². The van der Waals surface area contributed by atoms with Gasteiger partial charge in [0.15, 0.2) is 9.84 Å². The van der Waals surface area contributed by atoms with Crippen LogP contribution in [0, 0.1) is 0 Å². The Bertz CT molecular complexity index is 599. The molecule has 0 spiro atoms. The third-order valence-corrected chi connectivity index (χ3v) is 5.23. The normalized spacial score (nSPS) is 17.9. The van der Waals surface area contributed by atoms with Gasteiger partial charge in [-0.2, -0.15) is 0 Å². The predicted octanol–water partition coefficient (Wildman–Crippen LogP) is -0.392. The predicted molar refractivity (Wildman–Crippen MR) is 86.0 cm³/mol. The van der Waals surface area contributed by atoms with E-state index in [1.54, 1.807) is 18.3 Å². The molecule has 2 rings (SSSR count). The fourth-order valence-corrected chi connectivity index (χ4v) is 3.47. The highest BCUT2D eigenvalue weighted by Crippen LogP contribution is 2.07. The maximum absolute atomic E-state index is 12.0. The summed E-state index contributed by atoms with van der Waals surface area (Å²) in [5, 5.41) is 2.83. The van der Waals surface area contributed by atoms with Crippen LogP contribution in [0.15, 0.2) is 18.3 Å². The highest BCUT2D eigenvalue weighted by Gasteiger charge is 2.21. The average molecular weight is 326 g/mol. The Morgan fingerprint density at radius 3 is 2.55 bits per heavy atom. The van der Waals surface area contributed by atoms with Gasteiger partial charge in [0.2, 0.25) is 0 Å². The molecule has 1 aliphatic heterocycles. The Balaban J connectivity index is 1.76. The second-order valence-corrected chi connectivity index (χ2v) is 7.85. The SMILES string of the molecule is CN(C)c1ccc(C(=O)NCCN2CCS(=O)(=O)CC2)cn1. The monoisotopic (exact) mass is 326 g/mol. The Kier molecular flexibility index (Phi) is 5.36. The van der Waals surface area contributed by atoms with E-state index in [4.69, 9.17) is 0 Å². The van der Waals surface area contributed by atoms with E-state index in [0.29, 0.717) is 31.7 Å². The summed E-state index contributed by atoms with van der Waals surface area (Å²) in [6, 6.07) is 3.54. The molecule has 122 valence electrons. The summed E-state index contributed by atoms with van der Waals surface area (Å²) in [6.45, 7) is 2.23. The number of aromatic nitrogens is 1. The molecule has 1 aromatic heterocycles. The number of nitrogens with zero attached hydrogens (tertiary/aromatic N) is 3. The van der Waals surface area contributed by atoms with E-state index in [1.807, 2.05) is 19.0 Å². The fourth-order valence-electron chi connectivity index (χ4n) is 2.19. The van der Waals surface area contributed by atoms with E-state index in [0.717, 1.165) is 5.82 Å². The molecule has 2 heterocycles. The fraction of sp³-hybridized carbons (Fsp3) is 0.571. The van der Waals surface area contributed by atoms with Gasteiger partial charge in [0.05, 0.1) is 17.1 Å². The van der Waals surface area contributed by atoms with E-state index in [1.165, 1.54) is 0 Å². The van der Waals surface area contributed by atoms with Crippen LogP contribution in [0.2, 0.25) is 0 Å². The number of pyridine rings is 1. The molecule has 22 heavy (non-hydrogen) atoms. The van der Waals surface area contributed by atoms with Gasteiger partial charge in [0.25, 0.3) is 5.91 Å². The topological polar surface area (TPSA) is 82.6 Å². The smallest absolute Gasteiger partial charge is 0.252 e. The standard InChI is InChI=1S/C14H22N4O3S/c1-17(2)13-4-3-12(11-16-13)14(19)15-5-6-18-7-9-22(20,21)10-8-18/h3-4,11H,5-10H2,1-2H3,(H,15,19). The van der Waals surface area contributed by atoms with Gasteiger partial charge in [-0.3, -0.25) is 9.69 Å². The molecule has 1 aromatic rings. The Morgan fingerprint density at radius 2 is 2.00 bits per heavy atom. The van der Waals surface area contributed by atoms with Crippen molar-refractivity contribution in [2.24, 2.45) is 0 Å². The second-order valence-electron chi connectivity index (χ2n) is 5.55. The van der Waals surface area contributed by atoms with Crippen molar-refractivity contribution in [3.63, 3.8) is 0 Å². The molecule has 8 heteroatoms. The quantitative estimate of drug-likeness (QED) is 0.793. The van der Waals surface area contributed by atoms with Crippen LogP contribution in [-0.4, -0.2) is 76.0 Å². The molecule has 0 bridgehead atoms. The van der Waals surface area contributed by atoms with Crippen molar-refractivity contribution < 1.29 is 13.2 Å². The van der Waals surface area contributed by atoms with Crippen LogP contribution in [0.25, 0.3) is 0 Å². The van der Waals surface area contributed by atoms with Gasteiger partial charge in [0.1, 0.15) is 5.82 Å². The first-order chi connectivity index (χ1) is 10.4. The van der Waals surface area contributed by atoms with Crippen molar-refractivity contribution in [3.8, 4) is 0 Å². The minimum absolute atomic E-state index is 0.164. The number of sulfone groups is 1. The van der Waals surface area contributed by atoms with E-state index in [2.05, 4.69) is 15.2 Å². The third kappa shape index (κ3) is 4.67. The first-order valence-electron chi connectivity index (χ1n) is 7.22. The van der Waals surface area contributed by atoms with Crippen molar-refractivity contribution in [3.05, 3.63) is 23.9 Å². The molecule has 1 amide bonds. The summed E-state index contributed by atoms with van der Waals surface area (Å²) in [5.74, 6) is 1.04. The van der Waals surface area contributed by atoms with Gasteiger partial charge in [0, 0.05) is 46.5 Å². The Labute approximate surface area is 131 Å². The van der Waals surface area contributed by atoms with Crippen LogP contribution in [0.5, 0.6) is 0 Å². The van der Waals surface area contributed by atoms with E-state index >= 15 is 0 Å². The molecule has 7 nitrogen and oxygen atoms in total. The molecule has 1 saturated heterocycles. The molecule has 0 radical (unpaired) electrons. The number of nitrogens with one attached hydrogen (secondary N) is 1. The van der Waals surface area contributed by atoms with Crippen LogP contribution in [0.3, 0.4) is 0 Å². The van der Waals surface area contributed by atoms with Crippen LogP contribution in [0.1, 0.15) is 10.4 Å². The molecule has 0 saturated carbocycles. The minimum atomic E-state index is -2.85. The zero-order chi connectivity index (χ0) is 16.2. The number of carbonyl (C=O) groups is 1. The molecule has 0 unspecified atom stereocenters. The lowest BCUT2D eigenvalue weighted by Crippen LogP contribution is -2.43. The van der Waals surface area contributed by atoms with Crippen molar-refractivity contribution in [1.29, 1.82) is 0 Å². The first-order valence-corrected chi connectivity index (χ1v) is 9.04. The zero-order valence-corrected chi connectivity index (χ0v) is 13.8. The lowest BCUT2D eigenvalue weighted by molar-refractivity contribution is 0.0948. The summed E-state index contributed by atoms with van der Waals surface area (Å²) in [4.78, 5) is 20.1. The van der Waals surface area contributed by atoms with Crippen LogP contribution in [-0.2, 0) is 9.84 Å². The van der Waals surface area contributed by atoms with Crippen molar-refractivity contribution in [2.75, 3.05) is 56.7 Å². The summed E-state index contributed by atoms with van der Waals surface area (Å²) in [7, 11) is 0.927. The first kappa shape index (κ1) is 16.7. The molecular weight excluding hydrogens is 304 g/mol. The van der Waals surface area contributed by atoms with Gasteiger partial charge >= 0.3 is 0 Å². The number of amides is 1. The minimum Gasteiger partial charge on any atom is -0.363 e. The zero-order valence-electron chi connectivity index (χ0n) is 12.9. The molecular formula is C14H22N4O3S. The number of anilines is 1. The third-order valence-electron chi connectivity index (χ3n) is 3.62. The second kappa shape index (κ2) is 7.06. The van der Waals surface area contributed by atoms with E-state index in [-0.39, 0.29) is 17.4 Å². The van der Waals surface area contributed by atoms with E-state index < -0.39 is 9.84 Å². The van der Waals surface area contributed by atoms with Gasteiger partial charge in [-0.25, -0.2) is 13.4 Å². The van der Waals surface area contributed by atoms with Gasteiger partial charge in [-0.05, 0) is 12.1 Å². The number of rotatable bonds is 5. The molecule has 0 aromatic carbocycles. The molecule has 0 atom stereocenters. The van der Waals surface area contributed by atoms with Gasteiger partial charge in [-0.15, -0.1) is 0 Å². The van der Waals surface area contributed by atoms with E-state index in [9.17, 15) is 13.2 Å². The molecule has 0 aliphatic carbocycles. The van der Waals surface area contributed by atoms with Crippen LogP contribution in [0.4, 0.5) is 5.82 Å². The molecule has 1 fully saturated rings. The summed E-state index contributed by atoms with van der Waals surface area (Å²) in [6.07, 6.45) is 1.55. The Morgan fingerprint density at radius 1 is 1.32 bits per heavy atom. The van der Waals surface area contributed by atoms with Crippen molar-refractivity contribution >= 4 is 21.6 Å². The summed E-state index contributed by atoms with van der Waals surface area (Å²) >= 11 is 0. The van der Waals surface area contributed by atoms with Crippen molar-refractivity contribution in [1.82, 2.24) is 15.2 Å². The van der Waals surface area contributed by atoms with Crippen LogP contribution >= 0.6 is 0 Å². The lowest BCUT2D eigenvalue weighted by Gasteiger charge is -2.26. The summed E-state index contributed by atoms with van der Waals surface area (Å²) in [5.41, 5.74) is 0.520. The number of hydrogen-bond acceptors (Lipinski definition) is 6. The maximum atomic E-state index is 12.0.